The highest BCUT2D eigenvalue weighted by Crippen LogP contribution is 2.31. The number of hydrogen-bond donors (Lipinski definition) is 1. The predicted molar refractivity (Wildman–Crippen MR) is 113 cm³/mol. The van der Waals surface area contributed by atoms with Crippen LogP contribution in [0.3, 0.4) is 0 Å². The van der Waals surface area contributed by atoms with Crippen molar-refractivity contribution in [2.75, 3.05) is 50.1 Å². The number of para-hydroxylation sites is 2. The van der Waals surface area contributed by atoms with Crippen LogP contribution in [-0.4, -0.2) is 55.6 Å². The molecule has 2 aromatic carbocycles. The second kappa shape index (κ2) is 9.11. The molecule has 154 valence electrons. The Bertz CT molecular complexity index is 913. The van der Waals surface area contributed by atoms with E-state index in [2.05, 4.69) is 5.32 Å². The number of nitro groups is 1. The van der Waals surface area contributed by atoms with Gasteiger partial charge in [-0.3, -0.25) is 19.8 Å². The zero-order valence-corrected chi connectivity index (χ0v) is 17.1. The van der Waals surface area contributed by atoms with E-state index in [0.717, 1.165) is 5.56 Å². The number of methoxy groups -OCH3 is 1. The maximum atomic E-state index is 12.5. The van der Waals surface area contributed by atoms with Gasteiger partial charge in [0.1, 0.15) is 11.4 Å². The molecule has 1 fully saturated rings. The predicted octanol–water partition coefficient (Wildman–Crippen LogP) is 3.33. The van der Waals surface area contributed by atoms with Crippen molar-refractivity contribution < 1.29 is 14.5 Å². The van der Waals surface area contributed by atoms with Crippen LogP contribution in [-0.2, 0) is 4.79 Å². The fourth-order valence-corrected chi connectivity index (χ4v) is 3.51. The first kappa shape index (κ1) is 20.9. The molecule has 1 heterocycles. The summed E-state index contributed by atoms with van der Waals surface area (Å²) in [6.45, 7) is 4.59. The molecule has 0 aromatic heterocycles. The topological polar surface area (TPSA) is 88.0 Å². The molecule has 1 N–H and O–H groups in total. The lowest BCUT2D eigenvalue weighted by molar-refractivity contribution is -0.384. The van der Waals surface area contributed by atoms with E-state index in [9.17, 15) is 14.9 Å². The lowest BCUT2D eigenvalue weighted by Crippen LogP contribution is -2.48. The molecule has 3 rings (SSSR count). The first-order valence-electron chi connectivity index (χ1n) is 9.23. The van der Waals surface area contributed by atoms with Gasteiger partial charge in [0.2, 0.25) is 5.91 Å². The van der Waals surface area contributed by atoms with E-state index >= 15 is 0 Å². The molecule has 1 aliphatic rings. The van der Waals surface area contributed by atoms with E-state index in [4.69, 9.17) is 16.3 Å². The smallest absolute Gasteiger partial charge is 0.292 e. The van der Waals surface area contributed by atoms with E-state index in [-0.39, 0.29) is 23.1 Å². The minimum absolute atomic E-state index is 0.101. The number of nitrogens with one attached hydrogen (secondary N) is 1. The fourth-order valence-electron chi connectivity index (χ4n) is 3.36. The van der Waals surface area contributed by atoms with Crippen molar-refractivity contribution in [3.05, 3.63) is 57.1 Å². The molecule has 0 aliphatic carbocycles. The summed E-state index contributed by atoms with van der Waals surface area (Å²) in [5.74, 6) is 0.360. The number of halogens is 1. The minimum atomic E-state index is -0.364. The largest absolute Gasteiger partial charge is 0.495 e. The van der Waals surface area contributed by atoms with Crippen LogP contribution >= 0.6 is 11.6 Å². The first-order chi connectivity index (χ1) is 13.9. The summed E-state index contributed by atoms with van der Waals surface area (Å²) in [4.78, 5) is 27.4. The van der Waals surface area contributed by atoms with Crippen LogP contribution in [0.15, 0.2) is 36.4 Å². The maximum Gasteiger partial charge on any atom is 0.292 e. The number of nitrogens with zero attached hydrogens (tertiary/aromatic N) is 3. The SMILES string of the molecule is COc1cc(Cl)c(C)cc1NC(=O)CN1CCN(c2ccccc2[N+](=O)[O-])CC1. The Kier molecular flexibility index (Phi) is 6.56. The van der Waals surface area contributed by atoms with Crippen molar-refractivity contribution in [3.8, 4) is 5.75 Å². The van der Waals surface area contributed by atoms with Crippen LogP contribution in [0.4, 0.5) is 17.1 Å². The molecule has 0 bridgehead atoms. The number of carbonyl (C=O) groups is 1. The van der Waals surface area contributed by atoms with E-state index < -0.39 is 0 Å². The van der Waals surface area contributed by atoms with Crippen molar-refractivity contribution in [1.82, 2.24) is 4.90 Å². The van der Waals surface area contributed by atoms with E-state index in [1.807, 2.05) is 16.7 Å². The summed E-state index contributed by atoms with van der Waals surface area (Å²) in [6.07, 6.45) is 0. The minimum Gasteiger partial charge on any atom is -0.495 e. The van der Waals surface area contributed by atoms with E-state index in [0.29, 0.717) is 48.3 Å². The van der Waals surface area contributed by atoms with Gasteiger partial charge in [-0.1, -0.05) is 23.7 Å². The quantitative estimate of drug-likeness (QED) is 0.572. The highest BCUT2D eigenvalue weighted by Gasteiger charge is 2.24. The van der Waals surface area contributed by atoms with Crippen LogP contribution in [0.25, 0.3) is 0 Å². The van der Waals surface area contributed by atoms with Gasteiger partial charge in [-0.2, -0.15) is 0 Å². The first-order valence-corrected chi connectivity index (χ1v) is 9.61. The van der Waals surface area contributed by atoms with Gasteiger partial charge in [0.25, 0.3) is 5.69 Å². The van der Waals surface area contributed by atoms with Gasteiger partial charge in [-0.05, 0) is 24.6 Å². The average molecular weight is 419 g/mol. The number of aryl methyl sites for hydroxylation is 1. The molecule has 0 atom stereocenters. The Balaban J connectivity index is 1.58. The number of benzene rings is 2. The lowest BCUT2D eigenvalue weighted by atomic mass is 10.2. The summed E-state index contributed by atoms with van der Waals surface area (Å²) in [5, 5.41) is 14.7. The summed E-state index contributed by atoms with van der Waals surface area (Å²) in [6, 6.07) is 10.2. The fraction of sp³-hybridized carbons (Fsp3) is 0.350. The van der Waals surface area contributed by atoms with Gasteiger partial charge in [0.05, 0.1) is 24.3 Å². The molecular formula is C20H23ClN4O4. The van der Waals surface area contributed by atoms with Crippen LogP contribution < -0.4 is 15.0 Å². The van der Waals surface area contributed by atoms with Gasteiger partial charge in [-0.15, -0.1) is 0 Å². The summed E-state index contributed by atoms with van der Waals surface area (Å²) in [5.41, 5.74) is 2.14. The van der Waals surface area contributed by atoms with Crippen LogP contribution in [0, 0.1) is 17.0 Å². The number of hydrogen-bond acceptors (Lipinski definition) is 6. The van der Waals surface area contributed by atoms with Crippen molar-refractivity contribution in [3.63, 3.8) is 0 Å². The molecule has 0 radical (unpaired) electrons. The molecule has 0 saturated carbocycles. The summed E-state index contributed by atoms with van der Waals surface area (Å²) >= 11 is 6.10. The monoisotopic (exact) mass is 418 g/mol. The lowest BCUT2D eigenvalue weighted by Gasteiger charge is -2.35. The molecular weight excluding hydrogens is 396 g/mol. The second-order valence-corrected chi connectivity index (χ2v) is 7.27. The van der Waals surface area contributed by atoms with Crippen LogP contribution in [0.1, 0.15) is 5.56 Å². The van der Waals surface area contributed by atoms with Crippen molar-refractivity contribution in [2.45, 2.75) is 6.92 Å². The summed E-state index contributed by atoms with van der Waals surface area (Å²) < 4.78 is 5.29. The Morgan fingerprint density at radius 2 is 1.93 bits per heavy atom. The molecule has 1 amide bonds. The average Bonchev–Trinajstić information content (AvgIpc) is 2.71. The van der Waals surface area contributed by atoms with E-state index in [1.54, 1.807) is 30.3 Å². The molecule has 2 aromatic rings. The number of carbonyl (C=O) groups excluding carboxylic acids is 1. The molecule has 1 saturated heterocycles. The highest BCUT2D eigenvalue weighted by atomic mass is 35.5. The van der Waals surface area contributed by atoms with Crippen LogP contribution in [0.2, 0.25) is 5.02 Å². The normalized spacial score (nSPS) is 14.5. The van der Waals surface area contributed by atoms with Gasteiger partial charge >= 0.3 is 0 Å². The standard InChI is InChI=1S/C20H23ClN4O4/c1-14-11-16(19(29-2)12-15(14)21)22-20(26)13-23-7-9-24(10-8-23)17-5-3-4-6-18(17)25(27)28/h3-6,11-12H,7-10,13H2,1-2H3,(H,22,26). The molecule has 1 aliphatic heterocycles. The van der Waals surface area contributed by atoms with Crippen LogP contribution in [0.5, 0.6) is 5.75 Å². The molecule has 8 nitrogen and oxygen atoms in total. The number of amides is 1. The molecule has 29 heavy (non-hydrogen) atoms. The van der Waals surface area contributed by atoms with Crippen molar-refractivity contribution in [1.29, 1.82) is 0 Å². The third-order valence-corrected chi connectivity index (χ3v) is 5.32. The van der Waals surface area contributed by atoms with Gasteiger partial charge in [-0.25, -0.2) is 0 Å². The second-order valence-electron chi connectivity index (χ2n) is 6.86. The highest BCUT2D eigenvalue weighted by molar-refractivity contribution is 6.31. The molecule has 0 unspecified atom stereocenters. The van der Waals surface area contributed by atoms with Gasteiger partial charge in [0.15, 0.2) is 0 Å². The molecule has 9 heteroatoms. The third kappa shape index (κ3) is 4.96. The van der Waals surface area contributed by atoms with Crippen molar-refractivity contribution >= 4 is 34.6 Å². The van der Waals surface area contributed by atoms with E-state index in [1.165, 1.54) is 13.2 Å². The number of nitro benzene ring substituents is 1. The summed E-state index contributed by atoms with van der Waals surface area (Å²) in [7, 11) is 1.53. The number of anilines is 2. The van der Waals surface area contributed by atoms with Gasteiger partial charge in [0, 0.05) is 43.3 Å². The Morgan fingerprint density at radius 1 is 1.24 bits per heavy atom. The van der Waals surface area contributed by atoms with Gasteiger partial charge < -0.3 is 15.0 Å². The zero-order chi connectivity index (χ0) is 21.0. The third-order valence-electron chi connectivity index (χ3n) is 4.91. The maximum absolute atomic E-state index is 12.5. The number of rotatable bonds is 6. The number of piperazine rings is 1. The molecule has 0 spiro atoms. The number of ether oxygens (including phenoxy) is 1. The zero-order valence-electron chi connectivity index (χ0n) is 16.4. The Morgan fingerprint density at radius 3 is 2.59 bits per heavy atom. The Labute approximate surface area is 174 Å². The Hall–Kier alpha value is -2.84. The van der Waals surface area contributed by atoms with Crippen molar-refractivity contribution in [2.24, 2.45) is 0 Å².